The topological polar surface area (TPSA) is 16.4 Å². The summed E-state index contributed by atoms with van der Waals surface area (Å²) in [7, 11) is 0. The van der Waals surface area contributed by atoms with Gasteiger partial charge in [-0.1, -0.05) is 178 Å². The number of nitrogens with zero attached hydrogens (tertiary/aromatic N) is 1. The van der Waals surface area contributed by atoms with Crippen LogP contribution in [0, 0.1) is 0 Å². The van der Waals surface area contributed by atoms with Gasteiger partial charge in [0.2, 0.25) is 0 Å². The molecule has 280 valence electrons. The molecule has 11 rings (SSSR count). The lowest BCUT2D eigenvalue weighted by Gasteiger charge is -2.30. The number of benzene rings is 9. The van der Waals surface area contributed by atoms with E-state index in [2.05, 4.69) is 219 Å². The third kappa shape index (κ3) is 5.79. The predicted molar refractivity (Wildman–Crippen MR) is 248 cm³/mol. The first-order valence-corrected chi connectivity index (χ1v) is 20.4. The van der Waals surface area contributed by atoms with Crippen LogP contribution in [0.5, 0.6) is 0 Å². The van der Waals surface area contributed by atoms with Gasteiger partial charge >= 0.3 is 0 Å². The number of anilines is 3. The van der Waals surface area contributed by atoms with Crippen molar-refractivity contribution in [1.82, 2.24) is 0 Å². The molecule has 59 heavy (non-hydrogen) atoms. The van der Waals surface area contributed by atoms with Crippen molar-refractivity contribution in [3.63, 3.8) is 0 Å². The molecule has 9 aromatic carbocycles. The SMILES string of the molecule is CC1(C)c2ccccc2-c2cc(-c3ccc(N(c4ccc5oc6ccccc6c5c4)c4cccc(-c5ccccc5)c4-c4ccccc4-c4ccccc4)cc3)ccc21. The van der Waals surface area contributed by atoms with Crippen LogP contribution in [0.3, 0.4) is 0 Å². The molecule has 0 aliphatic heterocycles. The molecule has 0 unspecified atom stereocenters. The summed E-state index contributed by atoms with van der Waals surface area (Å²) in [4.78, 5) is 2.43. The van der Waals surface area contributed by atoms with Gasteiger partial charge < -0.3 is 9.32 Å². The van der Waals surface area contributed by atoms with Crippen LogP contribution in [0.1, 0.15) is 25.0 Å². The third-order valence-electron chi connectivity index (χ3n) is 12.3. The van der Waals surface area contributed by atoms with Crippen LogP contribution in [-0.4, -0.2) is 0 Å². The smallest absolute Gasteiger partial charge is 0.135 e. The van der Waals surface area contributed by atoms with E-state index in [-0.39, 0.29) is 5.41 Å². The molecular weight excluding hydrogens is 715 g/mol. The summed E-state index contributed by atoms with van der Waals surface area (Å²) < 4.78 is 6.35. The van der Waals surface area contributed by atoms with Crippen molar-refractivity contribution in [3.05, 3.63) is 223 Å². The van der Waals surface area contributed by atoms with Crippen LogP contribution in [0.4, 0.5) is 17.1 Å². The summed E-state index contributed by atoms with van der Waals surface area (Å²) in [6, 6.07) is 77.0. The first kappa shape index (κ1) is 34.8. The summed E-state index contributed by atoms with van der Waals surface area (Å²) in [5, 5.41) is 2.19. The monoisotopic (exact) mass is 755 g/mol. The molecule has 0 N–H and O–H groups in total. The molecule has 2 nitrogen and oxygen atoms in total. The van der Waals surface area contributed by atoms with Crippen LogP contribution >= 0.6 is 0 Å². The number of fused-ring (bicyclic) bond motifs is 6. The van der Waals surface area contributed by atoms with Crippen molar-refractivity contribution in [1.29, 1.82) is 0 Å². The highest BCUT2D eigenvalue weighted by Crippen LogP contribution is 2.51. The second kappa shape index (κ2) is 13.9. The molecule has 0 radical (unpaired) electrons. The second-order valence-corrected chi connectivity index (χ2v) is 16.1. The highest BCUT2D eigenvalue weighted by atomic mass is 16.3. The van der Waals surface area contributed by atoms with Crippen LogP contribution in [-0.2, 0) is 5.41 Å². The Bertz CT molecular complexity index is 3170. The summed E-state index contributed by atoms with van der Waals surface area (Å²) in [5.74, 6) is 0. The Hall–Kier alpha value is -7.42. The Balaban J connectivity index is 1.13. The number of para-hydroxylation sites is 1. The average molecular weight is 756 g/mol. The minimum absolute atomic E-state index is 0.0264. The van der Waals surface area contributed by atoms with Gasteiger partial charge in [-0.15, -0.1) is 0 Å². The van der Waals surface area contributed by atoms with E-state index in [1.165, 1.54) is 66.8 Å². The molecule has 0 saturated carbocycles. The van der Waals surface area contributed by atoms with Crippen molar-refractivity contribution >= 4 is 39.0 Å². The first-order chi connectivity index (χ1) is 29.0. The standard InChI is InChI=1S/C57H41NO/c1-57(2)51-25-13-11-21-46(51)49-36-41(30-34-52(49)57)38-28-31-42(32-29-38)58(43-33-35-55-50(37-43)47-22-12-14-27-54(47)59-55)53-26-15-24-45(40-18-7-4-8-19-40)56(53)48-23-10-9-20-44(48)39-16-5-3-6-17-39/h3-37H,1-2H3. The van der Waals surface area contributed by atoms with E-state index in [1.54, 1.807) is 0 Å². The van der Waals surface area contributed by atoms with Gasteiger partial charge in [0.05, 0.1) is 5.69 Å². The molecule has 0 atom stereocenters. The molecule has 0 spiro atoms. The molecule has 0 amide bonds. The Morgan fingerprint density at radius 3 is 1.71 bits per heavy atom. The number of hydrogen-bond donors (Lipinski definition) is 0. The zero-order valence-electron chi connectivity index (χ0n) is 33.1. The van der Waals surface area contributed by atoms with Crippen LogP contribution in [0.15, 0.2) is 217 Å². The Morgan fingerprint density at radius 2 is 0.932 bits per heavy atom. The van der Waals surface area contributed by atoms with Crippen molar-refractivity contribution in [2.75, 3.05) is 4.90 Å². The second-order valence-electron chi connectivity index (χ2n) is 16.1. The minimum atomic E-state index is -0.0264. The summed E-state index contributed by atoms with van der Waals surface area (Å²) in [6.07, 6.45) is 0. The van der Waals surface area contributed by atoms with Crippen molar-refractivity contribution in [2.45, 2.75) is 19.3 Å². The van der Waals surface area contributed by atoms with Gasteiger partial charge in [-0.05, 0) is 110 Å². The molecule has 1 aliphatic carbocycles. The Morgan fingerprint density at radius 1 is 0.356 bits per heavy atom. The molecule has 1 aromatic heterocycles. The minimum Gasteiger partial charge on any atom is -0.456 e. The lowest BCUT2D eigenvalue weighted by molar-refractivity contribution is 0.660. The maximum atomic E-state index is 6.35. The van der Waals surface area contributed by atoms with Gasteiger partial charge in [0.15, 0.2) is 0 Å². The van der Waals surface area contributed by atoms with E-state index < -0.39 is 0 Å². The van der Waals surface area contributed by atoms with E-state index in [1.807, 2.05) is 12.1 Å². The van der Waals surface area contributed by atoms with Gasteiger partial charge in [0.25, 0.3) is 0 Å². The molecule has 1 aliphatic rings. The summed E-state index contributed by atoms with van der Waals surface area (Å²) >= 11 is 0. The highest BCUT2D eigenvalue weighted by molar-refractivity contribution is 6.07. The highest BCUT2D eigenvalue weighted by Gasteiger charge is 2.35. The van der Waals surface area contributed by atoms with E-state index in [0.717, 1.165) is 39.0 Å². The zero-order valence-corrected chi connectivity index (χ0v) is 33.1. The molecule has 2 heteroatoms. The van der Waals surface area contributed by atoms with Gasteiger partial charge in [0, 0.05) is 33.1 Å². The van der Waals surface area contributed by atoms with E-state index in [0.29, 0.717) is 0 Å². The van der Waals surface area contributed by atoms with E-state index in [9.17, 15) is 0 Å². The Labute approximate surface area is 345 Å². The zero-order chi connectivity index (χ0) is 39.5. The first-order valence-electron chi connectivity index (χ1n) is 20.4. The van der Waals surface area contributed by atoms with Gasteiger partial charge in [-0.2, -0.15) is 0 Å². The van der Waals surface area contributed by atoms with Crippen molar-refractivity contribution < 1.29 is 4.42 Å². The molecule has 1 heterocycles. The fraction of sp³-hybridized carbons (Fsp3) is 0.0526. The van der Waals surface area contributed by atoms with Gasteiger partial charge in [-0.3, -0.25) is 0 Å². The van der Waals surface area contributed by atoms with E-state index in [4.69, 9.17) is 4.42 Å². The van der Waals surface area contributed by atoms with Gasteiger partial charge in [-0.25, -0.2) is 0 Å². The van der Waals surface area contributed by atoms with Crippen molar-refractivity contribution in [3.8, 4) is 55.6 Å². The van der Waals surface area contributed by atoms with Crippen LogP contribution in [0.2, 0.25) is 0 Å². The number of rotatable bonds is 7. The number of furan rings is 1. The molecule has 0 saturated heterocycles. The average Bonchev–Trinajstić information content (AvgIpc) is 3.78. The molecular formula is C57H41NO. The normalized spacial score (nSPS) is 12.7. The maximum absolute atomic E-state index is 6.35. The van der Waals surface area contributed by atoms with Crippen molar-refractivity contribution in [2.24, 2.45) is 0 Å². The largest absolute Gasteiger partial charge is 0.456 e. The number of hydrogen-bond acceptors (Lipinski definition) is 2. The summed E-state index contributed by atoms with van der Waals surface area (Å²) in [6.45, 7) is 4.67. The van der Waals surface area contributed by atoms with Crippen LogP contribution in [0.25, 0.3) is 77.6 Å². The van der Waals surface area contributed by atoms with Gasteiger partial charge in [0.1, 0.15) is 11.2 Å². The maximum Gasteiger partial charge on any atom is 0.135 e. The fourth-order valence-corrected chi connectivity index (χ4v) is 9.42. The fourth-order valence-electron chi connectivity index (χ4n) is 9.42. The lowest BCUT2D eigenvalue weighted by atomic mass is 9.82. The summed E-state index contributed by atoms with van der Waals surface area (Å²) in [5.41, 5.74) is 19.8. The lowest BCUT2D eigenvalue weighted by Crippen LogP contribution is -2.14. The molecule has 0 fully saturated rings. The van der Waals surface area contributed by atoms with E-state index >= 15 is 0 Å². The predicted octanol–water partition coefficient (Wildman–Crippen LogP) is 16.0. The molecule has 10 aromatic rings. The van der Waals surface area contributed by atoms with Crippen LogP contribution < -0.4 is 4.90 Å². The third-order valence-corrected chi connectivity index (χ3v) is 12.3. The quantitative estimate of drug-likeness (QED) is 0.161. The molecule has 0 bridgehead atoms. The Kier molecular flexibility index (Phi) is 8.20.